The molecule has 1 aliphatic rings. The summed E-state index contributed by atoms with van der Waals surface area (Å²) in [5.74, 6) is 4.83. The van der Waals surface area contributed by atoms with Crippen LogP contribution in [0.3, 0.4) is 0 Å². The van der Waals surface area contributed by atoms with E-state index in [2.05, 4.69) is 33.9 Å². The third-order valence-electron chi connectivity index (χ3n) is 3.84. The van der Waals surface area contributed by atoms with Crippen molar-refractivity contribution in [2.45, 2.75) is 19.4 Å². The van der Waals surface area contributed by atoms with Gasteiger partial charge in [-0.1, -0.05) is 30.2 Å². The first-order valence-electron chi connectivity index (χ1n) is 7.70. The average Bonchev–Trinajstić information content (AvgIpc) is 2.52. The Morgan fingerprint density at radius 1 is 1.22 bits per heavy atom. The quantitative estimate of drug-likeness (QED) is 0.535. The van der Waals surface area contributed by atoms with Gasteiger partial charge in [-0.2, -0.15) is 0 Å². The molecule has 1 aromatic heterocycles. The highest BCUT2D eigenvalue weighted by Crippen LogP contribution is 2.14. The number of rotatable bonds is 4. The number of likely N-dealkylation sites (tertiary alicyclic amines) is 1. The van der Waals surface area contributed by atoms with Crippen LogP contribution in [0.15, 0.2) is 42.6 Å². The molecule has 0 atom stereocenters. The third kappa shape index (κ3) is 3.97. The molecule has 4 heteroatoms. The number of aromatic hydroxyl groups is 1. The van der Waals surface area contributed by atoms with E-state index in [0.717, 1.165) is 12.1 Å². The van der Waals surface area contributed by atoms with Gasteiger partial charge in [0.25, 0.3) is 5.78 Å². The van der Waals surface area contributed by atoms with Crippen molar-refractivity contribution in [2.75, 3.05) is 13.1 Å². The molecule has 3 rings (SSSR count). The van der Waals surface area contributed by atoms with Crippen LogP contribution >= 0.6 is 0 Å². The number of ketones is 1. The first kappa shape index (κ1) is 15.3. The molecule has 0 aliphatic carbocycles. The first-order chi connectivity index (χ1) is 11.2. The minimum Gasteiger partial charge on any atom is -0.506 e. The zero-order valence-corrected chi connectivity index (χ0v) is 12.8. The van der Waals surface area contributed by atoms with Crippen molar-refractivity contribution in [1.82, 2.24) is 9.88 Å². The molecule has 23 heavy (non-hydrogen) atoms. The number of benzene rings is 1. The van der Waals surface area contributed by atoms with Crippen LogP contribution < -0.4 is 0 Å². The fraction of sp³-hybridized carbons (Fsp3) is 0.263. The molecule has 2 aromatic rings. The summed E-state index contributed by atoms with van der Waals surface area (Å²) in [6, 6.07) is 11.3. The summed E-state index contributed by atoms with van der Waals surface area (Å²) in [5, 5.41) is 9.59. The molecule has 1 N–H and O–H groups in total. The highest BCUT2D eigenvalue weighted by Gasteiger charge is 2.13. The Labute approximate surface area is 135 Å². The average molecular weight is 306 g/mol. The van der Waals surface area contributed by atoms with Gasteiger partial charge in [0.1, 0.15) is 5.75 Å². The van der Waals surface area contributed by atoms with Gasteiger partial charge in [-0.3, -0.25) is 9.69 Å². The van der Waals surface area contributed by atoms with Gasteiger partial charge in [0.05, 0.1) is 0 Å². The summed E-state index contributed by atoms with van der Waals surface area (Å²) in [5.41, 5.74) is 2.37. The predicted molar refractivity (Wildman–Crippen MR) is 88.0 cm³/mol. The molecule has 1 saturated heterocycles. The SMILES string of the molecule is O=C(C#CCc1cccc(CN2CCC2)c1)c1ncccc1O. The van der Waals surface area contributed by atoms with E-state index in [9.17, 15) is 9.90 Å². The first-order valence-corrected chi connectivity index (χ1v) is 7.70. The lowest BCUT2D eigenvalue weighted by Gasteiger charge is -2.30. The second kappa shape index (κ2) is 7.08. The Morgan fingerprint density at radius 3 is 2.78 bits per heavy atom. The van der Waals surface area contributed by atoms with Gasteiger partial charge in [0, 0.05) is 19.2 Å². The summed E-state index contributed by atoms with van der Waals surface area (Å²) < 4.78 is 0. The number of hydrogen-bond donors (Lipinski definition) is 1. The number of carbonyl (C=O) groups is 1. The van der Waals surface area contributed by atoms with Crippen LogP contribution in [0, 0.1) is 11.8 Å². The molecule has 0 spiro atoms. The summed E-state index contributed by atoms with van der Waals surface area (Å²) >= 11 is 0. The molecule has 1 aromatic carbocycles. The van der Waals surface area contributed by atoms with E-state index in [1.165, 1.54) is 37.3 Å². The van der Waals surface area contributed by atoms with Gasteiger partial charge in [0.2, 0.25) is 0 Å². The molecular weight excluding hydrogens is 288 g/mol. The molecule has 0 radical (unpaired) electrons. The van der Waals surface area contributed by atoms with Crippen molar-refractivity contribution >= 4 is 5.78 Å². The molecule has 0 bridgehead atoms. The molecular formula is C19H18N2O2. The zero-order valence-electron chi connectivity index (χ0n) is 12.8. The van der Waals surface area contributed by atoms with E-state index in [1.807, 2.05) is 12.1 Å². The minimum atomic E-state index is -0.458. The Balaban J connectivity index is 1.63. The Kier molecular flexibility index (Phi) is 4.70. The second-order valence-electron chi connectivity index (χ2n) is 5.63. The number of pyridine rings is 1. The maximum absolute atomic E-state index is 11.9. The summed E-state index contributed by atoms with van der Waals surface area (Å²) in [6.45, 7) is 3.32. The monoisotopic (exact) mass is 306 g/mol. The molecule has 1 fully saturated rings. The van der Waals surface area contributed by atoms with Crippen molar-refractivity contribution in [3.8, 4) is 17.6 Å². The van der Waals surface area contributed by atoms with Crippen molar-refractivity contribution < 1.29 is 9.90 Å². The predicted octanol–water partition coefficient (Wildman–Crippen LogP) is 2.42. The van der Waals surface area contributed by atoms with Crippen LogP contribution in [0.1, 0.15) is 28.0 Å². The molecule has 0 unspecified atom stereocenters. The largest absolute Gasteiger partial charge is 0.506 e. The topological polar surface area (TPSA) is 53.4 Å². The van der Waals surface area contributed by atoms with Gasteiger partial charge < -0.3 is 5.11 Å². The zero-order chi connectivity index (χ0) is 16.1. The van der Waals surface area contributed by atoms with Gasteiger partial charge in [-0.25, -0.2) is 4.98 Å². The maximum Gasteiger partial charge on any atom is 0.258 e. The molecule has 4 nitrogen and oxygen atoms in total. The summed E-state index contributed by atoms with van der Waals surface area (Å²) in [4.78, 5) is 18.2. The maximum atomic E-state index is 11.9. The smallest absolute Gasteiger partial charge is 0.258 e. The van der Waals surface area contributed by atoms with Crippen LogP contribution in [0.4, 0.5) is 0 Å². The second-order valence-corrected chi connectivity index (χ2v) is 5.63. The number of Topliss-reactive ketones (excluding diaryl/α,β-unsaturated/α-hetero) is 1. The third-order valence-corrected chi connectivity index (χ3v) is 3.84. The molecule has 116 valence electrons. The fourth-order valence-electron chi connectivity index (χ4n) is 2.49. The number of hydrogen-bond acceptors (Lipinski definition) is 4. The highest BCUT2D eigenvalue weighted by molar-refractivity contribution is 6.09. The van der Waals surface area contributed by atoms with Gasteiger partial charge >= 0.3 is 0 Å². The Morgan fingerprint density at radius 2 is 2.04 bits per heavy atom. The van der Waals surface area contributed by atoms with Gasteiger partial charge in [-0.15, -0.1) is 0 Å². The lowest BCUT2D eigenvalue weighted by Crippen LogP contribution is -2.36. The van der Waals surface area contributed by atoms with Crippen LogP contribution in [-0.2, 0) is 13.0 Å². The van der Waals surface area contributed by atoms with Crippen molar-refractivity contribution in [1.29, 1.82) is 0 Å². The molecule has 1 aliphatic heterocycles. The fourth-order valence-corrected chi connectivity index (χ4v) is 2.49. The van der Waals surface area contributed by atoms with Crippen LogP contribution in [-0.4, -0.2) is 33.9 Å². The standard InChI is InChI=1S/C19H18N2O2/c22-17(19-18(23)9-3-10-20-19)8-2-6-15-5-1-7-16(13-15)14-21-11-4-12-21/h1,3,5,7,9-10,13,23H,4,6,11-12,14H2. The van der Waals surface area contributed by atoms with Crippen LogP contribution in [0.25, 0.3) is 0 Å². The minimum absolute atomic E-state index is 0.00605. The van der Waals surface area contributed by atoms with E-state index < -0.39 is 5.78 Å². The van der Waals surface area contributed by atoms with E-state index in [0.29, 0.717) is 6.42 Å². The molecule has 2 heterocycles. The van der Waals surface area contributed by atoms with E-state index >= 15 is 0 Å². The Hall–Kier alpha value is -2.64. The van der Waals surface area contributed by atoms with E-state index in [-0.39, 0.29) is 11.4 Å². The van der Waals surface area contributed by atoms with Crippen LogP contribution in [0.5, 0.6) is 5.75 Å². The van der Waals surface area contributed by atoms with Gasteiger partial charge in [0.15, 0.2) is 5.69 Å². The van der Waals surface area contributed by atoms with E-state index in [1.54, 1.807) is 6.07 Å². The van der Waals surface area contributed by atoms with Crippen molar-refractivity contribution in [3.63, 3.8) is 0 Å². The van der Waals surface area contributed by atoms with Crippen molar-refractivity contribution in [3.05, 3.63) is 59.4 Å². The number of carbonyl (C=O) groups excluding carboxylic acids is 1. The summed E-state index contributed by atoms with van der Waals surface area (Å²) in [7, 11) is 0. The lowest BCUT2D eigenvalue weighted by atomic mass is 10.1. The normalized spacial score (nSPS) is 13.7. The van der Waals surface area contributed by atoms with Crippen LogP contribution in [0.2, 0.25) is 0 Å². The van der Waals surface area contributed by atoms with E-state index in [4.69, 9.17) is 0 Å². The molecule has 0 amide bonds. The Bertz CT molecular complexity index is 770. The number of aromatic nitrogens is 1. The van der Waals surface area contributed by atoms with Gasteiger partial charge in [-0.05, 0) is 48.7 Å². The lowest BCUT2D eigenvalue weighted by molar-refractivity contribution is 0.104. The molecule has 0 saturated carbocycles. The highest BCUT2D eigenvalue weighted by atomic mass is 16.3. The summed E-state index contributed by atoms with van der Waals surface area (Å²) in [6.07, 6.45) is 3.26. The van der Waals surface area contributed by atoms with Crippen molar-refractivity contribution in [2.24, 2.45) is 0 Å². The number of nitrogens with zero attached hydrogens (tertiary/aromatic N) is 2.